The maximum atomic E-state index is 12.0. The Morgan fingerprint density at radius 2 is 0.814 bits per heavy atom. The van der Waals surface area contributed by atoms with Crippen molar-refractivity contribution in [3.8, 4) is 0 Å². The largest absolute Gasteiger partial charge is 0.394 e. The van der Waals surface area contributed by atoms with Gasteiger partial charge in [-0.3, -0.25) is 4.79 Å². The highest BCUT2D eigenvalue weighted by atomic mass is 32.1. The minimum absolute atomic E-state index is 0.103. The highest BCUT2D eigenvalue weighted by Gasteiger charge is 2.43. The van der Waals surface area contributed by atoms with Crippen LogP contribution >= 0.6 is 12.6 Å². The summed E-state index contributed by atoms with van der Waals surface area (Å²) < 4.78 is 76.1. The van der Waals surface area contributed by atoms with E-state index in [1.165, 1.54) is 0 Å². The number of thiol groups is 1. The molecule has 1 aliphatic rings. The number of aliphatic hydroxyl groups excluding tert-OH is 4. The summed E-state index contributed by atoms with van der Waals surface area (Å²) in [5.74, 6) is 0.606. The Hall–Kier alpha value is -0.900. The van der Waals surface area contributed by atoms with Gasteiger partial charge in [-0.25, -0.2) is 0 Å². The van der Waals surface area contributed by atoms with Crippen molar-refractivity contribution in [2.24, 2.45) is 0 Å². The van der Waals surface area contributed by atoms with Crippen LogP contribution in [0.1, 0.15) is 25.7 Å². The third-order valence-electron chi connectivity index (χ3n) is 8.08. The first kappa shape index (κ1) is 56.1. The Morgan fingerprint density at radius 1 is 0.458 bits per heavy atom. The third kappa shape index (κ3) is 35.3. The number of nitrogens with one attached hydrogen (secondary N) is 1. The predicted molar refractivity (Wildman–Crippen MR) is 215 cm³/mol. The summed E-state index contributed by atoms with van der Waals surface area (Å²) in [4.78, 5) is 12.0. The van der Waals surface area contributed by atoms with Gasteiger partial charge >= 0.3 is 0 Å². The molecule has 1 aliphatic heterocycles. The normalized spacial score (nSPS) is 19.4. The van der Waals surface area contributed by atoms with E-state index in [0.717, 1.165) is 12.8 Å². The Bertz CT molecular complexity index is 889. The first-order chi connectivity index (χ1) is 29.0. The van der Waals surface area contributed by atoms with E-state index in [0.29, 0.717) is 177 Å². The maximum absolute atomic E-state index is 12.0. The van der Waals surface area contributed by atoms with Gasteiger partial charge in [-0.05, 0) is 19.3 Å². The molecule has 1 saturated heterocycles. The van der Waals surface area contributed by atoms with Crippen molar-refractivity contribution in [3.63, 3.8) is 0 Å². The highest BCUT2D eigenvalue weighted by molar-refractivity contribution is 7.80. The van der Waals surface area contributed by atoms with Gasteiger partial charge < -0.3 is 92.1 Å². The molecule has 21 heteroatoms. The lowest BCUT2D eigenvalue weighted by atomic mass is 9.99. The second-order valence-corrected chi connectivity index (χ2v) is 13.2. The number of rotatable bonds is 46. The zero-order valence-corrected chi connectivity index (χ0v) is 35.8. The first-order valence-corrected chi connectivity index (χ1v) is 21.4. The number of unbranched alkanes of at least 4 members (excludes halogenated alkanes) is 2. The Kier molecular flexibility index (Phi) is 41.6. The topological polar surface area (TPSA) is 239 Å². The molecule has 5 N–H and O–H groups in total. The lowest BCUT2D eigenvalue weighted by molar-refractivity contribution is -0.301. The van der Waals surface area contributed by atoms with E-state index in [-0.39, 0.29) is 18.9 Å². The standard InChI is InChI=1S/C38H75NO19S/c40-32-33-35(42)36(43)37(44)38(58-33)57-6-3-1-2-5-39-34(41)4-7-45-8-9-46-10-11-47-12-13-48-14-15-49-16-17-50-18-19-51-20-21-52-22-23-53-24-25-54-26-27-55-28-29-56-30-31-59/h33,35-38,40,42-44,59H,1-32H2,(H,39,41)/t33?,35-,36?,37?,38+/m1/s1. The average Bonchev–Trinajstić information content (AvgIpc) is 3.24. The molecule has 5 atom stereocenters. The van der Waals surface area contributed by atoms with Crippen LogP contribution in [0.4, 0.5) is 0 Å². The van der Waals surface area contributed by atoms with Crippen molar-refractivity contribution in [2.45, 2.75) is 56.4 Å². The monoisotopic (exact) mass is 881 g/mol. The summed E-state index contributed by atoms with van der Waals surface area (Å²) >= 11 is 4.07. The van der Waals surface area contributed by atoms with Gasteiger partial charge in [0.1, 0.15) is 24.4 Å². The minimum Gasteiger partial charge on any atom is -0.394 e. The number of hydrogen-bond acceptors (Lipinski definition) is 20. The van der Waals surface area contributed by atoms with Crippen molar-refractivity contribution < 1.29 is 91.5 Å². The predicted octanol–water partition coefficient (Wildman–Crippen LogP) is -1.39. The van der Waals surface area contributed by atoms with Crippen molar-refractivity contribution in [3.05, 3.63) is 0 Å². The van der Waals surface area contributed by atoms with Gasteiger partial charge in [-0.15, -0.1) is 0 Å². The highest BCUT2D eigenvalue weighted by Crippen LogP contribution is 2.22. The molecule has 0 saturated carbocycles. The molecule has 0 bridgehead atoms. The van der Waals surface area contributed by atoms with Crippen LogP contribution in [0.3, 0.4) is 0 Å². The molecule has 3 unspecified atom stereocenters. The van der Waals surface area contributed by atoms with Crippen LogP contribution < -0.4 is 5.32 Å². The molecular formula is C38H75NO19S. The molecule has 1 rings (SSSR count). The zero-order valence-electron chi connectivity index (χ0n) is 34.9. The third-order valence-corrected chi connectivity index (χ3v) is 8.26. The van der Waals surface area contributed by atoms with Crippen molar-refractivity contribution >= 4 is 18.5 Å². The SMILES string of the molecule is O=C(CCOCCOCCOCCOCCOCCOCCOCCOCCOCCOCCOCCOCCS)NCCCCCO[C@H]1OC(CO)[C@@H](O)C(O)C1O. The molecule has 1 heterocycles. The summed E-state index contributed by atoms with van der Waals surface area (Å²) in [5.41, 5.74) is 0. The molecule has 0 aromatic carbocycles. The van der Waals surface area contributed by atoms with Crippen LogP contribution in [0.15, 0.2) is 0 Å². The number of carbonyl (C=O) groups excluding carboxylic acids is 1. The van der Waals surface area contributed by atoms with Crippen LogP contribution in [0.2, 0.25) is 0 Å². The Labute approximate surface area is 355 Å². The molecule has 1 amide bonds. The molecule has 0 spiro atoms. The van der Waals surface area contributed by atoms with E-state index in [4.69, 9.17) is 66.3 Å². The van der Waals surface area contributed by atoms with E-state index < -0.39 is 37.3 Å². The van der Waals surface area contributed by atoms with Crippen LogP contribution in [-0.2, 0) is 71.1 Å². The summed E-state index contributed by atoms with van der Waals surface area (Å²) in [5, 5.41) is 41.6. The number of aliphatic hydroxyl groups is 4. The summed E-state index contributed by atoms with van der Waals surface area (Å²) in [6.45, 7) is 11.8. The number of hydrogen-bond donors (Lipinski definition) is 6. The van der Waals surface area contributed by atoms with Gasteiger partial charge in [0.15, 0.2) is 6.29 Å². The van der Waals surface area contributed by atoms with Gasteiger partial charge in [0.05, 0.1) is 165 Å². The number of ether oxygens (including phenoxy) is 14. The van der Waals surface area contributed by atoms with E-state index in [9.17, 15) is 25.2 Å². The molecule has 0 aromatic rings. The molecule has 1 fully saturated rings. The van der Waals surface area contributed by atoms with E-state index in [2.05, 4.69) is 17.9 Å². The smallest absolute Gasteiger partial charge is 0.222 e. The minimum atomic E-state index is -1.46. The quantitative estimate of drug-likeness (QED) is 0.0305. The summed E-state index contributed by atoms with van der Waals surface area (Å²) in [6, 6.07) is 0. The van der Waals surface area contributed by atoms with Crippen LogP contribution in [0.5, 0.6) is 0 Å². The zero-order chi connectivity index (χ0) is 42.7. The van der Waals surface area contributed by atoms with Gasteiger partial charge in [0, 0.05) is 25.3 Å². The molecule has 20 nitrogen and oxygen atoms in total. The molecular weight excluding hydrogens is 806 g/mol. The van der Waals surface area contributed by atoms with Crippen molar-refractivity contribution in [1.82, 2.24) is 5.32 Å². The fourth-order valence-electron chi connectivity index (χ4n) is 4.88. The molecule has 0 radical (unpaired) electrons. The second-order valence-electron chi connectivity index (χ2n) is 12.8. The summed E-state index contributed by atoms with van der Waals surface area (Å²) in [7, 11) is 0. The van der Waals surface area contributed by atoms with E-state index in [1.807, 2.05) is 0 Å². The fraction of sp³-hybridized carbons (Fsp3) is 0.974. The molecule has 59 heavy (non-hydrogen) atoms. The second kappa shape index (κ2) is 43.7. The Morgan fingerprint density at radius 3 is 1.17 bits per heavy atom. The fourth-order valence-corrected chi connectivity index (χ4v) is 5.00. The van der Waals surface area contributed by atoms with Crippen LogP contribution in [0.25, 0.3) is 0 Å². The Balaban J connectivity index is 1.68. The number of carbonyl (C=O) groups is 1. The van der Waals surface area contributed by atoms with Gasteiger partial charge in [-0.2, -0.15) is 12.6 Å². The van der Waals surface area contributed by atoms with Crippen molar-refractivity contribution in [1.29, 1.82) is 0 Å². The lowest BCUT2D eigenvalue weighted by Gasteiger charge is -2.39. The van der Waals surface area contributed by atoms with Crippen molar-refractivity contribution in [2.75, 3.05) is 184 Å². The lowest BCUT2D eigenvalue weighted by Crippen LogP contribution is -2.59. The van der Waals surface area contributed by atoms with Gasteiger partial charge in [0.25, 0.3) is 0 Å². The van der Waals surface area contributed by atoms with Gasteiger partial charge in [-0.1, -0.05) is 0 Å². The summed E-state index contributed by atoms with van der Waals surface area (Å²) in [6.07, 6.45) is -4.03. The van der Waals surface area contributed by atoms with E-state index in [1.54, 1.807) is 0 Å². The molecule has 0 aliphatic carbocycles. The van der Waals surface area contributed by atoms with Crippen LogP contribution in [-0.4, -0.2) is 241 Å². The first-order valence-electron chi connectivity index (χ1n) is 20.7. The van der Waals surface area contributed by atoms with E-state index >= 15 is 0 Å². The van der Waals surface area contributed by atoms with Gasteiger partial charge in [0.2, 0.25) is 5.91 Å². The average molecular weight is 882 g/mol. The maximum Gasteiger partial charge on any atom is 0.222 e. The van der Waals surface area contributed by atoms with Crippen LogP contribution in [0, 0.1) is 0 Å². The number of amides is 1. The molecule has 352 valence electrons. The molecule has 0 aromatic heterocycles.